The van der Waals surface area contributed by atoms with Gasteiger partial charge in [-0.05, 0) is 40.8 Å². The van der Waals surface area contributed by atoms with Crippen molar-refractivity contribution >= 4 is 0 Å². The van der Waals surface area contributed by atoms with Crippen molar-refractivity contribution in [3.63, 3.8) is 0 Å². The summed E-state index contributed by atoms with van der Waals surface area (Å²) in [6, 6.07) is 12.4. The Labute approximate surface area is 164 Å². The van der Waals surface area contributed by atoms with E-state index in [4.69, 9.17) is 4.74 Å². The van der Waals surface area contributed by atoms with E-state index in [-0.39, 0.29) is 11.7 Å². The second kappa shape index (κ2) is 8.68. The summed E-state index contributed by atoms with van der Waals surface area (Å²) in [5.74, 6) is -0.601. The smallest absolute Gasteiger partial charge is 0.127 e. The third kappa shape index (κ3) is 3.97. The number of aliphatic hydroxyl groups is 4. The summed E-state index contributed by atoms with van der Waals surface area (Å²) < 4.78 is 20.2. The number of benzene rings is 2. The van der Waals surface area contributed by atoms with Gasteiger partial charge in [-0.15, -0.1) is 0 Å². The second-order valence-electron chi connectivity index (χ2n) is 7.35. The Kier molecular flexibility index (Phi) is 6.47. The van der Waals surface area contributed by atoms with Gasteiger partial charge in [0.2, 0.25) is 0 Å². The lowest BCUT2D eigenvalue weighted by Crippen LogP contribution is -2.55. The van der Waals surface area contributed by atoms with E-state index in [9.17, 15) is 24.8 Å². The molecule has 1 aliphatic rings. The van der Waals surface area contributed by atoms with Crippen LogP contribution in [0.25, 0.3) is 0 Å². The van der Waals surface area contributed by atoms with Crippen molar-refractivity contribution < 1.29 is 29.6 Å². The number of hydrogen-bond donors (Lipinski definition) is 4. The molecule has 0 amide bonds. The summed E-state index contributed by atoms with van der Waals surface area (Å²) in [5, 5.41) is 39.7. The molecule has 2 aromatic rings. The Morgan fingerprint density at radius 1 is 1.00 bits per heavy atom. The van der Waals surface area contributed by atoms with Crippen molar-refractivity contribution in [2.24, 2.45) is 0 Å². The average Bonchev–Trinajstić information content (AvgIpc) is 2.72. The zero-order valence-corrected chi connectivity index (χ0v) is 16.0. The van der Waals surface area contributed by atoms with E-state index < -0.39 is 37.1 Å². The first kappa shape index (κ1) is 20.9. The summed E-state index contributed by atoms with van der Waals surface area (Å²) in [6.07, 6.45) is -5.35. The first-order valence-electron chi connectivity index (χ1n) is 9.56. The molecule has 0 aromatic heterocycles. The van der Waals surface area contributed by atoms with E-state index in [0.29, 0.717) is 11.1 Å². The molecule has 28 heavy (non-hydrogen) atoms. The fraction of sp³-hybridized carbons (Fsp3) is 0.455. The highest BCUT2D eigenvalue weighted by atomic mass is 19.1. The standard InChI is InChI=1S/C22H27FO5/c1-3-13-4-6-14(7-5-13)12(2)16-10-15(8-9-17(16)23)22-21(27)20(26)19(25)18(11-24)28-22/h4-10,12,18-22,24-27H,3,11H2,1-2H3. The van der Waals surface area contributed by atoms with Crippen LogP contribution in [0.2, 0.25) is 0 Å². The number of rotatable bonds is 5. The van der Waals surface area contributed by atoms with E-state index in [0.717, 1.165) is 12.0 Å². The van der Waals surface area contributed by atoms with Crippen molar-refractivity contribution in [2.75, 3.05) is 6.61 Å². The van der Waals surface area contributed by atoms with Crippen LogP contribution in [0, 0.1) is 5.82 Å². The van der Waals surface area contributed by atoms with E-state index in [2.05, 4.69) is 6.92 Å². The summed E-state index contributed by atoms with van der Waals surface area (Å²) in [4.78, 5) is 0. The fourth-order valence-corrected chi connectivity index (χ4v) is 3.67. The van der Waals surface area contributed by atoms with E-state index in [1.807, 2.05) is 31.2 Å². The zero-order chi connectivity index (χ0) is 20.4. The van der Waals surface area contributed by atoms with Gasteiger partial charge in [0.05, 0.1) is 6.61 Å². The highest BCUT2D eigenvalue weighted by molar-refractivity contribution is 5.37. The highest BCUT2D eigenvalue weighted by Crippen LogP contribution is 2.35. The highest BCUT2D eigenvalue weighted by Gasteiger charge is 2.44. The second-order valence-corrected chi connectivity index (χ2v) is 7.35. The maximum absolute atomic E-state index is 14.6. The van der Waals surface area contributed by atoms with Gasteiger partial charge in [0.25, 0.3) is 0 Å². The average molecular weight is 390 g/mol. The van der Waals surface area contributed by atoms with Gasteiger partial charge >= 0.3 is 0 Å². The summed E-state index contributed by atoms with van der Waals surface area (Å²) in [6.45, 7) is 3.47. The van der Waals surface area contributed by atoms with E-state index >= 15 is 0 Å². The summed E-state index contributed by atoms with van der Waals surface area (Å²) in [5.41, 5.74) is 3.08. The molecular formula is C22H27FO5. The molecule has 0 saturated carbocycles. The molecule has 3 rings (SSSR count). The molecule has 0 bridgehead atoms. The molecule has 1 aliphatic heterocycles. The molecule has 6 atom stereocenters. The number of aryl methyl sites for hydroxylation is 1. The van der Waals surface area contributed by atoms with Crippen LogP contribution in [0.1, 0.15) is 48.1 Å². The Morgan fingerprint density at radius 3 is 2.29 bits per heavy atom. The van der Waals surface area contributed by atoms with E-state index in [1.165, 1.54) is 17.7 Å². The van der Waals surface area contributed by atoms with Crippen molar-refractivity contribution in [1.29, 1.82) is 0 Å². The Balaban J connectivity index is 1.92. The minimum absolute atomic E-state index is 0.226. The molecule has 0 aliphatic carbocycles. The first-order valence-corrected chi connectivity index (χ1v) is 9.56. The maximum Gasteiger partial charge on any atom is 0.127 e. The minimum Gasteiger partial charge on any atom is -0.394 e. The quantitative estimate of drug-likeness (QED) is 0.628. The maximum atomic E-state index is 14.6. The topological polar surface area (TPSA) is 90.2 Å². The first-order chi connectivity index (χ1) is 13.4. The lowest BCUT2D eigenvalue weighted by Gasteiger charge is -2.40. The minimum atomic E-state index is -1.47. The van der Waals surface area contributed by atoms with Crippen molar-refractivity contribution in [3.05, 3.63) is 70.5 Å². The van der Waals surface area contributed by atoms with Gasteiger partial charge < -0.3 is 25.2 Å². The number of aliphatic hydroxyl groups excluding tert-OH is 4. The SMILES string of the molecule is CCc1ccc(C(C)c2cc(C3OC(CO)C(O)C(O)C3O)ccc2F)cc1. The van der Waals surface area contributed by atoms with Crippen LogP contribution in [-0.2, 0) is 11.2 Å². The fourth-order valence-electron chi connectivity index (χ4n) is 3.67. The molecule has 0 radical (unpaired) electrons. The third-order valence-electron chi connectivity index (χ3n) is 5.60. The monoisotopic (exact) mass is 390 g/mol. The van der Waals surface area contributed by atoms with Gasteiger partial charge in [0.15, 0.2) is 0 Å². The van der Waals surface area contributed by atoms with Crippen LogP contribution in [-0.4, -0.2) is 51.4 Å². The van der Waals surface area contributed by atoms with Gasteiger partial charge in [0.1, 0.15) is 36.3 Å². The predicted octanol–water partition coefficient (Wildman–Crippen LogP) is 2.05. The molecule has 152 valence electrons. The van der Waals surface area contributed by atoms with Crippen molar-refractivity contribution in [1.82, 2.24) is 0 Å². The molecule has 1 heterocycles. The molecule has 6 heteroatoms. The van der Waals surface area contributed by atoms with Gasteiger partial charge in [-0.3, -0.25) is 0 Å². The number of ether oxygens (including phenoxy) is 1. The molecular weight excluding hydrogens is 363 g/mol. The van der Waals surface area contributed by atoms with Gasteiger partial charge in [0, 0.05) is 5.92 Å². The Hall–Kier alpha value is -1.83. The van der Waals surface area contributed by atoms with Crippen molar-refractivity contribution in [3.8, 4) is 0 Å². The van der Waals surface area contributed by atoms with Crippen LogP contribution < -0.4 is 0 Å². The number of hydrogen-bond acceptors (Lipinski definition) is 5. The Bertz CT molecular complexity index is 792. The van der Waals surface area contributed by atoms with Crippen LogP contribution in [0.4, 0.5) is 4.39 Å². The Morgan fingerprint density at radius 2 is 1.68 bits per heavy atom. The third-order valence-corrected chi connectivity index (χ3v) is 5.60. The van der Waals surface area contributed by atoms with Gasteiger partial charge in [-0.1, -0.05) is 44.2 Å². The van der Waals surface area contributed by atoms with Crippen LogP contribution in [0.3, 0.4) is 0 Å². The molecule has 5 nitrogen and oxygen atoms in total. The molecule has 1 saturated heterocycles. The predicted molar refractivity (Wildman–Crippen MR) is 102 cm³/mol. The zero-order valence-electron chi connectivity index (χ0n) is 16.0. The van der Waals surface area contributed by atoms with Crippen LogP contribution >= 0.6 is 0 Å². The molecule has 2 aromatic carbocycles. The molecule has 4 N–H and O–H groups in total. The number of halogens is 1. The van der Waals surface area contributed by atoms with Gasteiger partial charge in [-0.25, -0.2) is 4.39 Å². The van der Waals surface area contributed by atoms with Crippen LogP contribution in [0.5, 0.6) is 0 Å². The summed E-state index contributed by atoms with van der Waals surface area (Å²) in [7, 11) is 0. The lowest BCUT2D eigenvalue weighted by atomic mass is 9.87. The normalized spacial score (nSPS) is 28.9. The van der Waals surface area contributed by atoms with Gasteiger partial charge in [-0.2, -0.15) is 0 Å². The molecule has 6 unspecified atom stereocenters. The van der Waals surface area contributed by atoms with Crippen molar-refractivity contribution in [2.45, 2.75) is 56.7 Å². The summed E-state index contributed by atoms with van der Waals surface area (Å²) >= 11 is 0. The van der Waals surface area contributed by atoms with E-state index in [1.54, 1.807) is 6.07 Å². The largest absolute Gasteiger partial charge is 0.394 e. The molecule has 1 fully saturated rings. The van der Waals surface area contributed by atoms with Crippen LogP contribution in [0.15, 0.2) is 42.5 Å². The lowest BCUT2D eigenvalue weighted by molar-refractivity contribution is -0.231. The molecule has 0 spiro atoms.